The van der Waals surface area contributed by atoms with Crippen LogP contribution < -0.4 is 5.32 Å². The van der Waals surface area contributed by atoms with Gasteiger partial charge in [0.1, 0.15) is 5.82 Å². The van der Waals surface area contributed by atoms with Crippen molar-refractivity contribution in [3.63, 3.8) is 0 Å². The van der Waals surface area contributed by atoms with Crippen molar-refractivity contribution in [1.82, 2.24) is 5.32 Å². The second kappa shape index (κ2) is 6.65. The van der Waals surface area contributed by atoms with Gasteiger partial charge < -0.3 is 5.32 Å². The van der Waals surface area contributed by atoms with Crippen molar-refractivity contribution in [1.29, 1.82) is 5.26 Å². The summed E-state index contributed by atoms with van der Waals surface area (Å²) in [5.74, 6) is -0.378. The van der Waals surface area contributed by atoms with Gasteiger partial charge in [0, 0.05) is 17.1 Å². The summed E-state index contributed by atoms with van der Waals surface area (Å²) in [5.41, 5.74) is 2.27. The molecule has 2 nitrogen and oxygen atoms in total. The molecule has 0 aromatic heterocycles. The Morgan fingerprint density at radius 2 is 1.95 bits per heavy atom. The van der Waals surface area contributed by atoms with E-state index in [2.05, 4.69) is 21.2 Å². The number of hydrogen-bond donors (Lipinski definition) is 1. The summed E-state index contributed by atoms with van der Waals surface area (Å²) < 4.78 is 14.4. The lowest BCUT2D eigenvalue weighted by molar-refractivity contribution is 0.569. The average molecular weight is 333 g/mol. The molecular weight excluding hydrogens is 319 g/mol. The molecule has 1 unspecified atom stereocenters. The average Bonchev–Trinajstić information content (AvgIpc) is 2.45. The monoisotopic (exact) mass is 332 g/mol. The van der Waals surface area contributed by atoms with Crippen molar-refractivity contribution >= 4 is 15.9 Å². The van der Waals surface area contributed by atoms with Gasteiger partial charge in [-0.3, -0.25) is 0 Å². The lowest BCUT2D eigenvalue weighted by Gasteiger charge is -2.14. The molecule has 0 spiro atoms. The summed E-state index contributed by atoms with van der Waals surface area (Å²) in [6.45, 7) is 2.57. The summed E-state index contributed by atoms with van der Waals surface area (Å²) in [6, 6.07) is 14.5. The highest BCUT2D eigenvalue weighted by atomic mass is 79.9. The van der Waals surface area contributed by atoms with Crippen LogP contribution in [-0.4, -0.2) is 0 Å². The van der Waals surface area contributed by atoms with Gasteiger partial charge in [0.2, 0.25) is 0 Å². The van der Waals surface area contributed by atoms with Crippen LogP contribution >= 0.6 is 15.9 Å². The van der Waals surface area contributed by atoms with Gasteiger partial charge in [-0.2, -0.15) is 5.26 Å². The molecule has 0 fully saturated rings. The van der Waals surface area contributed by atoms with Gasteiger partial charge in [-0.15, -0.1) is 0 Å². The molecule has 1 atom stereocenters. The van der Waals surface area contributed by atoms with Gasteiger partial charge in [0.25, 0.3) is 0 Å². The standard InChI is InChI=1S/C16H14BrFN2/c1-11(14-2-4-15(17)5-3-14)20-10-13-6-12(9-19)7-16(18)8-13/h2-8,11,20H,10H2,1H3. The van der Waals surface area contributed by atoms with Crippen LogP contribution in [0.15, 0.2) is 46.9 Å². The molecule has 2 aromatic carbocycles. The van der Waals surface area contributed by atoms with Crippen molar-refractivity contribution in [3.8, 4) is 6.07 Å². The van der Waals surface area contributed by atoms with Gasteiger partial charge >= 0.3 is 0 Å². The minimum atomic E-state index is -0.378. The molecule has 0 heterocycles. The van der Waals surface area contributed by atoms with Crippen molar-refractivity contribution in [2.75, 3.05) is 0 Å². The molecule has 0 bridgehead atoms. The molecule has 2 rings (SSSR count). The SMILES string of the molecule is CC(NCc1cc(F)cc(C#N)c1)c1ccc(Br)cc1. The minimum absolute atomic E-state index is 0.150. The van der Waals surface area contributed by atoms with E-state index in [0.717, 1.165) is 15.6 Å². The van der Waals surface area contributed by atoms with E-state index < -0.39 is 0 Å². The van der Waals surface area contributed by atoms with E-state index in [1.165, 1.54) is 12.1 Å². The first-order valence-corrected chi connectivity index (χ1v) is 7.06. The molecule has 102 valence electrons. The number of nitrogens with zero attached hydrogens (tertiary/aromatic N) is 1. The number of hydrogen-bond acceptors (Lipinski definition) is 2. The quantitative estimate of drug-likeness (QED) is 0.905. The maximum absolute atomic E-state index is 13.3. The van der Waals surface area contributed by atoms with Crippen LogP contribution in [0, 0.1) is 17.1 Å². The fourth-order valence-corrected chi connectivity index (χ4v) is 2.22. The Morgan fingerprint density at radius 1 is 1.25 bits per heavy atom. The Labute approximate surface area is 126 Å². The summed E-state index contributed by atoms with van der Waals surface area (Å²) in [7, 11) is 0. The first-order chi connectivity index (χ1) is 9.58. The predicted molar refractivity (Wildman–Crippen MR) is 80.5 cm³/mol. The fraction of sp³-hybridized carbons (Fsp3) is 0.188. The minimum Gasteiger partial charge on any atom is -0.306 e. The van der Waals surface area contributed by atoms with E-state index >= 15 is 0 Å². The zero-order chi connectivity index (χ0) is 14.5. The van der Waals surface area contributed by atoms with Gasteiger partial charge in [0.05, 0.1) is 11.6 Å². The van der Waals surface area contributed by atoms with Crippen LogP contribution in [0.2, 0.25) is 0 Å². The van der Waals surface area contributed by atoms with E-state index in [1.807, 2.05) is 37.3 Å². The second-order valence-corrected chi connectivity index (χ2v) is 5.53. The Hall–Kier alpha value is -1.70. The smallest absolute Gasteiger partial charge is 0.124 e. The lowest BCUT2D eigenvalue weighted by atomic mass is 10.1. The predicted octanol–water partition coefficient (Wildman–Crippen LogP) is 4.31. The molecule has 0 saturated heterocycles. The van der Waals surface area contributed by atoms with Crippen LogP contribution in [0.25, 0.3) is 0 Å². The Morgan fingerprint density at radius 3 is 2.60 bits per heavy atom. The van der Waals surface area contributed by atoms with Crippen LogP contribution in [-0.2, 0) is 6.54 Å². The second-order valence-electron chi connectivity index (χ2n) is 4.61. The van der Waals surface area contributed by atoms with Crippen molar-refractivity contribution in [3.05, 3.63) is 69.4 Å². The highest BCUT2D eigenvalue weighted by Crippen LogP contribution is 2.17. The largest absolute Gasteiger partial charge is 0.306 e. The number of nitrogens with one attached hydrogen (secondary N) is 1. The van der Waals surface area contributed by atoms with Crippen LogP contribution in [0.5, 0.6) is 0 Å². The molecule has 0 saturated carbocycles. The summed E-state index contributed by atoms with van der Waals surface area (Å²) in [4.78, 5) is 0. The number of benzene rings is 2. The van der Waals surface area contributed by atoms with E-state index in [4.69, 9.17) is 5.26 Å². The summed E-state index contributed by atoms with van der Waals surface area (Å²) in [5, 5.41) is 12.1. The first-order valence-electron chi connectivity index (χ1n) is 6.27. The van der Waals surface area contributed by atoms with Crippen molar-refractivity contribution in [2.45, 2.75) is 19.5 Å². The molecule has 20 heavy (non-hydrogen) atoms. The molecule has 0 amide bonds. The number of rotatable bonds is 4. The summed E-state index contributed by atoms with van der Waals surface area (Å²) in [6.07, 6.45) is 0. The summed E-state index contributed by atoms with van der Waals surface area (Å²) >= 11 is 3.40. The van der Waals surface area contributed by atoms with Crippen molar-refractivity contribution < 1.29 is 4.39 Å². The normalized spacial score (nSPS) is 11.9. The molecule has 2 aromatic rings. The molecule has 0 aliphatic rings. The third-order valence-corrected chi connectivity index (χ3v) is 3.60. The third-order valence-electron chi connectivity index (χ3n) is 3.07. The molecule has 0 radical (unpaired) electrons. The van der Waals surface area contributed by atoms with E-state index in [-0.39, 0.29) is 11.9 Å². The van der Waals surface area contributed by atoms with Crippen LogP contribution in [0.1, 0.15) is 29.7 Å². The highest BCUT2D eigenvalue weighted by molar-refractivity contribution is 9.10. The van der Waals surface area contributed by atoms with Gasteiger partial charge in [-0.05, 0) is 48.4 Å². The third kappa shape index (κ3) is 3.89. The molecule has 0 aliphatic heterocycles. The first kappa shape index (κ1) is 14.7. The molecule has 0 aliphatic carbocycles. The number of halogens is 2. The van der Waals surface area contributed by atoms with Gasteiger partial charge in [-0.1, -0.05) is 28.1 Å². The van der Waals surface area contributed by atoms with Gasteiger partial charge in [-0.25, -0.2) is 4.39 Å². The number of nitriles is 1. The van der Waals surface area contributed by atoms with Crippen LogP contribution in [0.3, 0.4) is 0 Å². The van der Waals surface area contributed by atoms with Crippen molar-refractivity contribution in [2.24, 2.45) is 0 Å². The topological polar surface area (TPSA) is 35.8 Å². The Kier molecular flexibility index (Phi) is 4.89. The zero-order valence-electron chi connectivity index (χ0n) is 11.0. The molecule has 1 N–H and O–H groups in total. The van der Waals surface area contributed by atoms with E-state index in [9.17, 15) is 4.39 Å². The highest BCUT2D eigenvalue weighted by Gasteiger charge is 2.06. The Bertz CT molecular complexity index is 632. The zero-order valence-corrected chi connectivity index (χ0v) is 12.6. The lowest BCUT2D eigenvalue weighted by Crippen LogP contribution is -2.18. The van der Waals surface area contributed by atoms with E-state index in [1.54, 1.807) is 6.07 Å². The van der Waals surface area contributed by atoms with Gasteiger partial charge in [0.15, 0.2) is 0 Å². The maximum Gasteiger partial charge on any atom is 0.124 e. The molecule has 4 heteroatoms. The fourth-order valence-electron chi connectivity index (χ4n) is 1.96. The molecular formula is C16H14BrFN2. The Balaban J connectivity index is 2.03. The maximum atomic E-state index is 13.3. The van der Waals surface area contributed by atoms with Crippen LogP contribution in [0.4, 0.5) is 4.39 Å². The van der Waals surface area contributed by atoms with E-state index in [0.29, 0.717) is 12.1 Å².